The third-order valence-electron chi connectivity index (χ3n) is 6.65. The van der Waals surface area contributed by atoms with Crippen molar-refractivity contribution in [3.8, 4) is 0 Å². The topological polar surface area (TPSA) is 73.8 Å². The van der Waals surface area contributed by atoms with E-state index < -0.39 is 0 Å². The molecule has 0 radical (unpaired) electrons. The van der Waals surface area contributed by atoms with Gasteiger partial charge >= 0.3 is 0 Å². The molecule has 5 rings (SSSR count). The van der Waals surface area contributed by atoms with Crippen LogP contribution in [-0.4, -0.2) is 34.2 Å². The number of aryl methyl sites for hydroxylation is 2. The van der Waals surface area contributed by atoms with E-state index in [1.165, 1.54) is 0 Å². The smallest absolute Gasteiger partial charge is 0.255 e. The maximum absolute atomic E-state index is 13.7. The predicted molar refractivity (Wildman–Crippen MR) is 152 cm³/mol. The van der Waals surface area contributed by atoms with E-state index >= 15 is 0 Å². The average molecular weight is 511 g/mol. The van der Waals surface area contributed by atoms with Gasteiger partial charge in [-0.3, -0.25) is 9.59 Å². The Kier molecular flexibility index (Phi) is 7.15. The molecule has 0 spiro atoms. The minimum absolute atomic E-state index is 0.144. The van der Waals surface area contributed by atoms with E-state index in [4.69, 9.17) is 4.99 Å². The van der Waals surface area contributed by atoms with Crippen LogP contribution in [-0.2, 0) is 4.79 Å². The van der Waals surface area contributed by atoms with Gasteiger partial charge in [0.25, 0.3) is 11.8 Å². The van der Waals surface area contributed by atoms with Gasteiger partial charge in [-0.25, -0.2) is 4.99 Å². The molecule has 1 atom stereocenters. The second-order valence-electron chi connectivity index (χ2n) is 9.41. The molecule has 0 saturated carbocycles. The zero-order chi connectivity index (χ0) is 25.9. The van der Waals surface area contributed by atoms with Gasteiger partial charge in [0.2, 0.25) is 0 Å². The Labute approximate surface area is 221 Å². The van der Waals surface area contributed by atoms with Crippen LogP contribution < -0.4 is 10.6 Å². The molecular formula is C30H30N4O2S. The van der Waals surface area contributed by atoms with Crippen molar-refractivity contribution in [2.75, 3.05) is 22.9 Å². The van der Waals surface area contributed by atoms with Crippen molar-refractivity contribution in [1.29, 1.82) is 0 Å². The molecule has 2 aliphatic heterocycles. The second-order valence-corrected chi connectivity index (χ2v) is 10.5. The number of thioether (sulfide) groups is 1. The molecule has 7 heteroatoms. The number of nitrogens with zero attached hydrogens (tertiary/aromatic N) is 2. The Morgan fingerprint density at radius 1 is 0.919 bits per heavy atom. The van der Waals surface area contributed by atoms with Gasteiger partial charge in [-0.1, -0.05) is 59.8 Å². The lowest BCUT2D eigenvalue weighted by Crippen LogP contribution is -2.43. The zero-order valence-corrected chi connectivity index (χ0v) is 22.1. The number of allylic oxidation sites excluding steroid dienone is 1. The quantitative estimate of drug-likeness (QED) is 0.421. The van der Waals surface area contributed by atoms with Gasteiger partial charge < -0.3 is 15.5 Å². The monoisotopic (exact) mass is 510 g/mol. The lowest BCUT2D eigenvalue weighted by molar-refractivity contribution is -0.113. The standard InChI is InChI=1S/C30H30N4O2S/c1-19-10-15-25(20(2)18-19)33-29(36)26-21(3)31-30-34(16-7-17-37-30)27(26)22-11-13-24(14-12-22)32-28(35)23-8-5-4-6-9-23/h4-6,8-15,18,27H,7,16-17H2,1-3H3,(H,32,35)(H,33,36). The maximum Gasteiger partial charge on any atom is 0.255 e. The van der Waals surface area contributed by atoms with Crippen LogP contribution >= 0.6 is 11.8 Å². The molecule has 188 valence electrons. The van der Waals surface area contributed by atoms with E-state index in [1.54, 1.807) is 23.9 Å². The Morgan fingerprint density at radius 2 is 1.68 bits per heavy atom. The molecule has 1 fully saturated rings. The van der Waals surface area contributed by atoms with E-state index in [0.717, 1.165) is 52.0 Å². The first-order valence-electron chi connectivity index (χ1n) is 12.4. The van der Waals surface area contributed by atoms with E-state index in [2.05, 4.69) is 21.6 Å². The highest BCUT2D eigenvalue weighted by atomic mass is 32.2. The molecule has 0 aromatic heterocycles. The summed E-state index contributed by atoms with van der Waals surface area (Å²) in [5.41, 5.74) is 6.65. The minimum atomic E-state index is -0.259. The second kappa shape index (κ2) is 10.6. The highest BCUT2D eigenvalue weighted by molar-refractivity contribution is 8.13. The predicted octanol–water partition coefficient (Wildman–Crippen LogP) is 6.32. The van der Waals surface area contributed by atoms with Crippen LogP contribution in [0, 0.1) is 13.8 Å². The molecule has 2 N–H and O–H groups in total. The van der Waals surface area contributed by atoms with Crippen LogP contribution in [0.2, 0.25) is 0 Å². The molecule has 1 unspecified atom stereocenters. The van der Waals surface area contributed by atoms with Crippen molar-refractivity contribution in [1.82, 2.24) is 4.90 Å². The number of hydrogen-bond donors (Lipinski definition) is 2. The van der Waals surface area contributed by atoms with Gasteiger partial charge in [0.1, 0.15) is 0 Å². The third kappa shape index (κ3) is 5.32. The normalized spacial score (nSPS) is 17.1. The number of benzene rings is 3. The van der Waals surface area contributed by atoms with E-state index in [-0.39, 0.29) is 17.9 Å². The summed E-state index contributed by atoms with van der Waals surface area (Å²) in [5, 5.41) is 7.05. The van der Waals surface area contributed by atoms with Crippen LogP contribution in [0.15, 0.2) is 89.1 Å². The number of rotatable bonds is 5. The molecule has 37 heavy (non-hydrogen) atoms. The summed E-state index contributed by atoms with van der Waals surface area (Å²) in [4.78, 5) is 33.4. The summed E-state index contributed by atoms with van der Waals surface area (Å²) in [6.07, 6.45) is 1.02. The SMILES string of the molecule is CC1=C(C(=O)Nc2ccc(C)cc2C)C(c2ccc(NC(=O)c3ccccc3)cc2)N2CCCSC2=N1. The average Bonchev–Trinajstić information content (AvgIpc) is 2.90. The number of anilines is 2. The summed E-state index contributed by atoms with van der Waals surface area (Å²) < 4.78 is 0. The number of amidine groups is 1. The lowest BCUT2D eigenvalue weighted by atomic mass is 9.93. The maximum atomic E-state index is 13.7. The Morgan fingerprint density at radius 3 is 2.41 bits per heavy atom. The zero-order valence-electron chi connectivity index (χ0n) is 21.2. The van der Waals surface area contributed by atoms with Crippen molar-refractivity contribution in [3.05, 3.63) is 106 Å². The fourth-order valence-electron chi connectivity index (χ4n) is 4.79. The van der Waals surface area contributed by atoms with Gasteiger partial charge in [0, 0.05) is 29.2 Å². The number of carbonyl (C=O) groups excluding carboxylic acids is 2. The van der Waals surface area contributed by atoms with Crippen LogP contribution in [0.4, 0.5) is 11.4 Å². The lowest BCUT2D eigenvalue weighted by Gasteiger charge is -2.41. The highest BCUT2D eigenvalue weighted by Crippen LogP contribution is 2.40. The Balaban J connectivity index is 1.44. The fraction of sp³-hybridized carbons (Fsp3) is 0.233. The number of carbonyl (C=O) groups is 2. The number of aliphatic imine (C=N–C) groups is 1. The van der Waals surface area contributed by atoms with Crippen LogP contribution in [0.5, 0.6) is 0 Å². The molecule has 2 heterocycles. The number of nitrogens with one attached hydrogen (secondary N) is 2. The Hall–Kier alpha value is -3.84. The summed E-state index contributed by atoms with van der Waals surface area (Å²) in [6, 6.07) is 22.7. The van der Waals surface area contributed by atoms with Crippen LogP contribution in [0.1, 0.15) is 46.4 Å². The summed E-state index contributed by atoms with van der Waals surface area (Å²) in [5.74, 6) is 0.718. The van der Waals surface area contributed by atoms with E-state index in [1.807, 2.05) is 75.4 Å². The Bertz CT molecular complexity index is 1400. The molecule has 0 aliphatic carbocycles. The fourth-order valence-corrected chi connectivity index (χ4v) is 5.81. The summed E-state index contributed by atoms with van der Waals surface area (Å²) in [7, 11) is 0. The molecule has 1 saturated heterocycles. The summed E-state index contributed by atoms with van der Waals surface area (Å²) in [6.45, 7) is 6.79. The van der Waals surface area contributed by atoms with Gasteiger partial charge in [-0.2, -0.15) is 0 Å². The van der Waals surface area contributed by atoms with Gasteiger partial charge in [0.05, 0.1) is 17.3 Å². The number of fused-ring (bicyclic) bond motifs is 1. The molecule has 3 aromatic rings. The molecule has 2 amide bonds. The van der Waals surface area contributed by atoms with Crippen molar-refractivity contribution >= 4 is 40.1 Å². The van der Waals surface area contributed by atoms with Crippen molar-refractivity contribution in [3.63, 3.8) is 0 Å². The minimum Gasteiger partial charge on any atom is -0.340 e. The van der Waals surface area contributed by atoms with Crippen LogP contribution in [0.25, 0.3) is 0 Å². The van der Waals surface area contributed by atoms with Crippen molar-refractivity contribution < 1.29 is 9.59 Å². The summed E-state index contributed by atoms with van der Waals surface area (Å²) >= 11 is 1.73. The largest absolute Gasteiger partial charge is 0.340 e. The first-order chi connectivity index (χ1) is 17.9. The first-order valence-corrected chi connectivity index (χ1v) is 13.4. The van der Waals surface area contributed by atoms with Gasteiger partial charge in [0.15, 0.2) is 5.17 Å². The first kappa shape index (κ1) is 24.8. The van der Waals surface area contributed by atoms with E-state index in [9.17, 15) is 9.59 Å². The molecular weight excluding hydrogens is 480 g/mol. The van der Waals surface area contributed by atoms with Crippen molar-refractivity contribution in [2.45, 2.75) is 33.2 Å². The molecule has 6 nitrogen and oxygen atoms in total. The van der Waals surface area contributed by atoms with Gasteiger partial charge in [-0.05, 0) is 68.7 Å². The molecule has 3 aromatic carbocycles. The molecule has 0 bridgehead atoms. The number of hydrogen-bond acceptors (Lipinski definition) is 5. The van der Waals surface area contributed by atoms with Gasteiger partial charge in [-0.15, -0.1) is 0 Å². The number of amides is 2. The van der Waals surface area contributed by atoms with Crippen LogP contribution in [0.3, 0.4) is 0 Å². The molecule has 2 aliphatic rings. The van der Waals surface area contributed by atoms with E-state index in [0.29, 0.717) is 16.8 Å². The highest BCUT2D eigenvalue weighted by Gasteiger charge is 2.37. The van der Waals surface area contributed by atoms with Crippen molar-refractivity contribution in [2.24, 2.45) is 4.99 Å². The third-order valence-corrected chi connectivity index (χ3v) is 7.73.